The second-order valence-corrected chi connectivity index (χ2v) is 7.68. The Morgan fingerprint density at radius 3 is 2.33 bits per heavy atom. The van der Waals surface area contributed by atoms with E-state index in [0.29, 0.717) is 12.6 Å². The van der Waals surface area contributed by atoms with Gasteiger partial charge in [-0.3, -0.25) is 0 Å². The molecule has 0 fully saturated rings. The number of sulfone groups is 1. The summed E-state index contributed by atoms with van der Waals surface area (Å²) >= 11 is 0. The van der Waals surface area contributed by atoms with E-state index in [0.717, 1.165) is 12.0 Å². The predicted octanol–water partition coefficient (Wildman–Crippen LogP) is 2.68. The summed E-state index contributed by atoms with van der Waals surface area (Å²) in [4.78, 5) is 0.277. The van der Waals surface area contributed by atoms with Crippen LogP contribution >= 0.6 is 0 Å². The van der Waals surface area contributed by atoms with Crippen molar-refractivity contribution in [1.29, 1.82) is 0 Å². The second-order valence-electron chi connectivity index (χ2n) is 5.66. The van der Waals surface area contributed by atoms with E-state index in [1.807, 2.05) is 0 Å². The lowest BCUT2D eigenvalue weighted by atomic mass is 10.1. The number of benzene rings is 1. The van der Waals surface area contributed by atoms with E-state index >= 15 is 0 Å². The van der Waals surface area contributed by atoms with Gasteiger partial charge in [0.25, 0.3) is 0 Å². The zero-order valence-corrected chi connectivity index (χ0v) is 14.0. The minimum Gasteiger partial charge on any atom is -0.387 e. The largest absolute Gasteiger partial charge is 0.387 e. The summed E-state index contributed by atoms with van der Waals surface area (Å²) < 4.78 is 22.8. The van der Waals surface area contributed by atoms with Crippen LogP contribution in [0, 0.1) is 0 Å². The Morgan fingerprint density at radius 2 is 1.81 bits per heavy atom. The zero-order valence-electron chi connectivity index (χ0n) is 13.2. The molecule has 0 aliphatic rings. The van der Waals surface area contributed by atoms with Gasteiger partial charge in [0.1, 0.15) is 0 Å². The Kier molecular flexibility index (Phi) is 7.35. The Labute approximate surface area is 128 Å². The molecule has 120 valence electrons. The Balaban J connectivity index is 2.47. The highest BCUT2D eigenvalue weighted by molar-refractivity contribution is 7.90. The van der Waals surface area contributed by atoms with Gasteiger partial charge in [0, 0.05) is 18.8 Å². The van der Waals surface area contributed by atoms with Crippen molar-refractivity contribution in [3.05, 3.63) is 29.8 Å². The molecule has 0 heterocycles. The van der Waals surface area contributed by atoms with E-state index in [2.05, 4.69) is 19.2 Å². The van der Waals surface area contributed by atoms with Crippen molar-refractivity contribution in [2.75, 3.05) is 12.8 Å². The third kappa shape index (κ3) is 6.59. The van der Waals surface area contributed by atoms with Crippen LogP contribution in [0.4, 0.5) is 0 Å². The van der Waals surface area contributed by atoms with Gasteiger partial charge in [0.15, 0.2) is 9.84 Å². The van der Waals surface area contributed by atoms with E-state index in [9.17, 15) is 13.5 Å². The van der Waals surface area contributed by atoms with Crippen molar-refractivity contribution in [3.8, 4) is 0 Å². The average molecular weight is 313 g/mol. The van der Waals surface area contributed by atoms with Gasteiger partial charge in [-0.05, 0) is 31.0 Å². The van der Waals surface area contributed by atoms with E-state index in [1.54, 1.807) is 24.3 Å². The number of aliphatic hydroxyl groups excluding tert-OH is 1. The molecule has 4 nitrogen and oxygen atoms in total. The molecule has 21 heavy (non-hydrogen) atoms. The van der Waals surface area contributed by atoms with E-state index in [-0.39, 0.29) is 4.90 Å². The second kappa shape index (κ2) is 8.51. The molecule has 0 saturated heterocycles. The molecule has 0 bridgehead atoms. The van der Waals surface area contributed by atoms with Gasteiger partial charge >= 0.3 is 0 Å². The maximum absolute atomic E-state index is 11.4. The molecule has 5 heteroatoms. The summed E-state index contributed by atoms with van der Waals surface area (Å²) in [5.74, 6) is 0. The summed E-state index contributed by atoms with van der Waals surface area (Å²) in [6.45, 7) is 4.78. The summed E-state index contributed by atoms with van der Waals surface area (Å²) in [7, 11) is -3.18. The standard InChI is InChI=1S/C16H27NO3S/c1-4-5-6-7-13(2)17-12-16(18)14-8-10-15(11-9-14)21(3,19)20/h8-11,13,16-18H,4-7,12H2,1-3H3. The van der Waals surface area contributed by atoms with Crippen molar-refractivity contribution in [2.45, 2.75) is 56.6 Å². The van der Waals surface area contributed by atoms with Crippen LogP contribution in [0.2, 0.25) is 0 Å². The fraction of sp³-hybridized carbons (Fsp3) is 0.625. The molecule has 2 unspecified atom stereocenters. The molecule has 0 radical (unpaired) electrons. The molecule has 2 N–H and O–H groups in total. The first-order valence-corrected chi connectivity index (χ1v) is 9.45. The third-order valence-corrected chi connectivity index (χ3v) is 4.72. The number of hydrogen-bond donors (Lipinski definition) is 2. The van der Waals surface area contributed by atoms with E-state index < -0.39 is 15.9 Å². The van der Waals surface area contributed by atoms with Crippen LogP contribution in [-0.4, -0.2) is 32.4 Å². The van der Waals surface area contributed by atoms with Crippen molar-refractivity contribution in [1.82, 2.24) is 5.32 Å². The van der Waals surface area contributed by atoms with Crippen LogP contribution in [0.25, 0.3) is 0 Å². The fourth-order valence-electron chi connectivity index (χ4n) is 2.17. The maximum atomic E-state index is 11.4. The van der Waals surface area contributed by atoms with Gasteiger partial charge in [-0.1, -0.05) is 38.3 Å². The Bertz CT molecular complexity index is 511. The number of aliphatic hydroxyl groups is 1. The molecule has 1 rings (SSSR count). The summed E-state index contributed by atoms with van der Waals surface area (Å²) in [6.07, 6.45) is 5.31. The molecule has 1 aromatic rings. The minimum atomic E-state index is -3.18. The average Bonchev–Trinajstić information content (AvgIpc) is 2.44. The predicted molar refractivity (Wildman–Crippen MR) is 86.1 cm³/mol. The zero-order chi connectivity index (χ0) is 15.9. The first-order chi connectivity index (χ1) is 9.84. The van der Waals surface area contributed by atoms with E-state index in [1.165, 1.54) is 25.5 Å². The molecule has 0 aromatic heterocycles. The first kappa shape index (κ1) is 18.1. The molecular formula is C16H27NO3S. The quantitative estimate of drug-likeness (QED) is 0.688. The van der Waals surface area contributed by atoms with Crippen LogP contribution in [0.5, 0.6) is 0 Å². The van der Waals surface area contributed by atoms with Crippen molar-refractivity contribution >= 4 is 9.84 Å². The summed E-state index contributed by atoms with van der Waals surface area (Å²) in [6, 6.07) is 6.80. The molecular weight excluding hydrogens is 286 g/mol. The lowest BCUT2D eigenvalue weighted by Gasteiger charge is -2.17. The highest BCUT2D eigenvalue weighted by Gasteiger charge is 2.11. The number of hydrogen-bond acceptors (Lipinski definition) is 4. The van der Waals surface area contributed by atoms with E-state index in [4.69, 9.17) is 0 Å². The molecule has 2 atom stereocenters. The molecule has 0 aliphatic carbocycles. The van der Waals surface area contributed by atoms with Crippen molar-refractivity contribution in [3.63, 3.8) is 0 Å². The number of rotatable bonds is 9. The fourth-order valence-corrected chi connectivity index (χ4v) is 2.80. The maximum Gasteiger partial charge on any atom is 0.175 e. The van der Waals surface area contributed by atoms with Gasteiger partial charge in [-0.2, -0.15) is 0 Å². The normalized spacial score (nSPS) is 14.9. The van der Waals surface area contributed by atoms with Crippen LogP contribution < -0.4 is 5.32 Å². The van der Waals surface area contributed by atoms with Crippen molar-refractivity contribution in [2.24, 2.45) is 0 Å². The Morgan fingerprint density at radius 1 is 1.19 bits per heavy atom. The minimum absolute atomic E-state index is 0.277. The SMILES string of the molecule is CCCCCC(C)NCC(O)c1ccc(S(C)(=O)=O)cc1. The smallest absolute Gasteiger partial charge is 0.175 e. The lowest BCUT2D eigenvalue weighted by molar-refractivity contribution is 0.169. The van der Waals surface area contributed by atoms with Crippen molar-refractivity contribution < 1.29 is 13.5 Å². The molecule has 1 aromatic carbocycles. The summed E-state index contributed by atoms with van der Waals surface area (Å²) in [5.41, 5.74) is 0.732. The highest BCUT2D eigenvalue weighted by atomic mass is 32.2. The van der Waals surface area contributed by atoms with Crippen LogP contribution in [0.15, 0.2) is 29.2 Å². The first-order valence-electron chi connectivity index (χ1n) is 7.56. The van der Waals surface area contributed by atoms with Crippen LogP contribution in [-0.2, 0) is 9.84 Å². The van der Waals surface area contributed by atoms with Crippen LogP contribution in [0.3, 0.4) is 0 Å². The van der Waals surface area contributed by atoms with Gasteiger partial charge in [-0.25, -0.2) is 8.42 Å². The molecule has 0 amide bonds. The van der Waals surface area contributed by atoms with Crippen LogP contribution in [0.1, 0.15) is 51.2 Å². The van der Waals surface area contributed by atoms with Gasteiger partial charge < -0.3 is 10.4 Å². The van der Waals surface area contributed by atoms with Gasteiger partial charge in [0.2, 0.25) is 0 Å². The van der Waals surface area contributed by atoms with Gasteiger partial charge in [0.05, 0.1) is 11.0 Å². The molecule has 0 saturated carbocycles. The topological polar surface area (TPSA) is 66.4 Å². The number of nitrogens with one attached hydrogen (secondary N) is 1. The van der Waals surface area contributed by atoms with Gasteiger partial charge in [-0.15, -0.1) is 0 Å². The molecule has 0 spiro atoms. The highest BCUT2D eigenvalue weighted by Crippen LogP contribution is 2.16. The monoisotopic (exact) mass is 313 g/mol. The number of unbranched alkanes of at least 4 members (excludes halogenated alkanes) is 2. The summed E-state index contributed by atoms with van der Waals surface area (Å²) in [5, 5.41) is 13.4. The third-order valence-electron chi connectivity index (χ3n) is 3.59. The Hall–Kier alpha value is -0.910. The molecule has 0 aliphatic heterocycles. The lowest BCUT2D eigenvalue weighted by Crippen LogP contribution is -2.30.